The van der Waals surface area contributed by atoms with Gasteiger partial charge in [-0.2, -0.15) is 0 Å². The van der Waals surface area contributed by atoms with Gasteiger partial charge in [-0.15, -0.1) is 0 Å². The van der Waals surface area contributed by atoms with E-state index in [4.69, 9.17) is 0 Å². The minimum absolute atomic E-state index is 0.0708. The van der Waals surface area contributed by atoms with Crippen LogP contribution in [0, 0.1) is 5.82 Å². The van der Waals surface area contributed by atoms with E-state index in [0.29, 0.717) is 29.6 Å². The van der Waals surface area contributed by atoms with Crippen molar-refractivity contribution >= 4 is 11.6 Å². The zero-order valence-corrected chi connectivity index (χ0v) is 14.8. The molecule has 4 rings (SSSR count). The molecule has 1 fully saturated rings. The number of anilines is 2. The smallest absolute Gasteiger partial charge is 0.255 e. The lowest BCUT2D eigenvalue weighted by Gasteiger charge is -2.21. The van der Waals surface area contributed by atoms with Crippen LogP contribution in [0.4, 0.5) is 16.0 Å². The van der Waals surface area contributed by atoms with Gasteiger partial charge in [0, 0.05) is 38.4 Å². The van der Waals surface area contributed by atoms with Crippen LogP contribution in [0.5, 0.6) is 0 Å². The van der Waals surface area contributed by atoms with E-state index in [2.05, 4.69) is 20.3 Å². The van der Waals surface area contributed by atoms with Gasteiger partial charge in [0.15, 0.2) is 0 Å². The molecule has 8 heteroatoms. The SMILES string of the molecule is Cn1c(N2CC[C@@H](Nc3ccccc3F)C2)nc(-c2ccncn2)cc1=O. The first kappa shape index (κ1) is 17.1. The molecule has 1 saturated heterocycles. The normalized spacial score (nSPS) is 16.5. The maximum Gasteiger partial charge on any atom is 0.255 e. The first-order chi connectivity index (χ1) is 13.1. The van der Waals surface area contributed by atoms with Crippen molar-refractivity contribution in [1.82, 2.24) is 19.5 Å². The summed E-state index contributed by atoms with van der Waals surface area (Å²) in [5.41, 5.74) is 1.45. The van der Waals surface area contributed by atoms with Crippen molar-refractivity contribution in [3.63, 3.8) is 0 Å². The van der Waals surface area contributed by atoms with Crippen molar-refractivity contribution in [3.05, 3.63) is 65.1 Å². The Morgan fingerprint density at radius 2 is 2.07 bits per heavy atom. The molecule has 27 heavy (non-hydrogen) atoms. The number of aromatic nitrogens is 4. The second kappa shape index (κ2) is 7.14. The second-order valence-corrected chi connectivity index (χ2v) is 6.49. The largest absolute Gasteiger partial charge is 0.378 e. The predicted octanol–water partition coefficient (Wildman–Crippen LogP) is 2.07. The van der Waals surface area contributed by atoms with Crippen LogP contribution in [-0.4, -0.2) is 38.7 Å². The Morgan fingerprint density at radius 3 is 2.85 bits per heavy atom. The highest BCUT2D eigenvalue weighted by Gasteiger charge is 2.26. The Kier molecular flexibility index (Phi) is 4.53. The Labute approximate surface area is 155 Å². The van der Waals surface area contributed by atoms with Gasteiger partial charge in [-0.1, -0.05) is 12.1 Å². The summed E-state index contributed by atoms with van der Waals surface area (Å²) >= 11 is 0. The average molecular weight is 366 g/mol. The summed E-state index contributed by atoms with van der Waals surface area (Å²) in [5, 5.41) is 3.24. The average Bonchev–Trinajstić information content (AvgIpc) is 3.15. The molecule has 2 aromatic heterocycles. The molecule has 1 aliphatic heterocycles. The minimum atomic E-state index is -0.271. The zero-order valence-electron chi connectivity index (χ0n) is 14.8. The van der Waals surface area contributed by atoms with Gasteiger partial charge < -0.3 is 10.2 Å². The fraction of sp³-hybridized carbons (Fsp3) is 0.263. The van der Waals surface area contributed by atoms with Crippen LogP contribution < -0.4 is 15.8 Å². The molecule has 0 spiro atoms. The van der Waals surface area contributed by atoms with E-state index < -0.39 is 0 Å². The number of para-hydroxylation sites is 1. The van der Waals surface area contributed by atoms with Crippen LogP contribution in [0.3, 0.4) is 0 Å². The van der Waals surface area contributed by atoms with Gasteiger partial charge >= 0.3 is 0 Å². The number of benzene rings is 1. The highest BCUT2D eigenvalue weighted by molar-refractivity contribution is 5.55. The standard InChI is InChI=1S/C19H19FN6O/c1-25-18(27)10-17(16-6-8-21-12-22-16)24-19(25)26-9-7-13(11-26)23-15-5-3-2-4-14(15)20/h2-6,8,10,12-13,23H,7,9,11H2,1H3/t13-/m1/s1. The Balaban J connectivity index is 1.58. The van der Waals surface area contributed by atoms with Crippen molar-refractivity contribution in [1.29, 1.82) is 0 Å². The van der Waals surface area contributed by atoms with E-state index in [0.717, 1.165) is 13.0 Å². The van der Waals surface area contributed by atoms with E-state index in [1.807, 2.05) is 4.90 Å². The van der Waals surface area contributed by atoms with Crippen molar-refractivity contribution < 1.29 is 4.39 Å². The third-order valence-corrected chi connectivity index (χ3v) is 4.66. The van der Waals surface area contributed by atoms with Gasteiger partial charge in [-0.25, -0.2) is 19.3 Å². The van der Waals surface area contributed by atoms with E-state index in [-0.39, 0.29) is 17.4 Å². The van der Waals surface area contributed by atoms with Crippen LogP contribution in [0.2, 0.25) is 0 Å². The monoisotopic (exact) mass is 366 g/mol. The topological polar surface area (TPSA) is 75.9 Å². The molecule has 0 bridgehead atoms. The van der Waals surface area contributed by atoms with Crippen molar-refractivity contribution in [2.75, 3.05) is 23.3 Å². The Morgan fingerprint density at radius 1 is 1.22 bits per heavy atom. The summed E-state index contributed by atoms with van der Waals surface area (Å²) in [6.07, 6.45) is 3.87. The van der Waals surface area contributed by atoms with E-state index in [1.165, 1.54) is 23.0 Å². The molecule has 3 heterocycles. The molecule has 0 unspecified atom stereocenters. The lowest BCUT2D eigenvalue weighted by Crippen LogP contribution is -2.32. The molecule has 1 atom stereocenters. The van der Waals surface area contributed by atoms with Crippen LogP contribution in [-0.2, 0) is 7.05 Å². The molecule has 1 N–H and O–H groups in total. The van der Waals surface area contributed by atoms with Gasteiger partial charge in [0.1, 0.15) is 12.1 Å². The molecule has 138 valence electrons. The number of hydrogen-bond acceptors (Lipinski definition) is 6. The van der Waals surface area contributed by atoms with Crippen LogP contribution in [0.25, 0.3) is 11.4 Å². The number of halogens is 1. The number of nitrogens with one attached hydrogen (secondary N) is 1. The second-order valence-electron chi connectivity index (χ2n) is 6.49. The summed E-state index contributed by atoms with van der Waals surface area (Å²) in [6, 6.07) is 9.89. The van der Waals surface area contributed by atoms with E-state index >= 15 is 0 Å². The minimum Gasteiger partial charge on any atom is -0.378 e. The molecular weight excluding hydrogens is 347 g/mol. The lowest BCUT2D eigenvalue weighted by molar-refractivity contribution is 0.626. The van der Waals surface area contributed by atoms with E-state index in [9.17, 15) is 9.18 Å². The van der Waals surface area contributed by atoms with Gasteiger partial charge in [0.2, 0.25) is 5.95 Å². The summed E-state index contributed by atoms with van der Waals surface area (Å²) in [7, 11) is 1.70. The molecule has 1 aromatic carbocycles. The van der Waals surface area contributed by atoms with Crippen molar-refractivity contribution in [3.8, 4) is 11.4 Å². The Hall–Kier alpha value is -3.29. The fourth-order valence-corrected chi connectivity index (χ4v) is 3.24. The molecule has 0 saturated carbocycles. The summed E-state index contributed by atoms with van der Waals surface area (Å²) in [5.74, 6) is 0.307. The van der Waals surface area contributed by atoms with Crippen LogP contribution in [0.15, 0.2) is 53.7 Å². The molecular formula is C19H19FN6O. The van der Waals surface area contributed by atoms with Crippen LogP contribution in [0.1, 0.15) is 6.42 Å². The molecule has 3 aromatic rings. The molecule has 0 radical (unpaired) electrons. The summed E-state index contributed by atoms with van der Waals surface area (Å²) in [4.78, 5) is 27.1. The number of nitrogens with zero attached hydrogens (tertiary/aromatic N) is 5. The Bertz CT molecular complexity index is 1010. The summed E-state index contributed by atoms with van der Waals surface area (Å²) in [6.45, 7) is 1.35. The van der Waals surface area contributed by atoms with Crippen LogP contribution >= 0.6 is 0 Å². The first-order valence-electron chi connectivity index (χ1n) is 8.72. The maximum absolute atomic E-state index is 13.9. The highest BCUT2D eigenvalue weighted by atomic mass is 19.1. The molecule has 0 amide bonds. The number of rotatable bonds is 4. The number of hydrogen-bond donors (Lipinski definition) is 1. The first-order valence-corrected chi connectivity index (χ1v) is 8.72. The maximum atomic E-state index is 13.9. The van der Waals surface area contributed by atoms with Crippen molar-refractivity contribution in [2.24, 2.45) is 7.05 Å². The van der Waals surface area contributed by atoms with Gasteiger partial charge in [-0.3, -0.25) is 9.36 Å². The van der Waals surface area contributed by atoms with E-state index in [1.54, 1.807) is 37.5 Å². The quantitative estimate of drug-likeness (QED) is 0.762. The summed E-state index contributed by atoms with van der Waals surface area (Å²) < 4.78 is 15.4. The third kappa shape index (κ3) is 3.51. The lowest BCUT2D eigenvalue weighted by atomic mass is 10.2. The highest BCUT2D eigenvalue weighted by Crippen LogP contribution is 2.23. The molecule has 1 aliphatic rings. The third-order valence-electron chi connectivity index (χ3n) is 4.66. The van der Waals surface area contributed by atoms with Gasteiger partial charge in [0.25, 0.3) is 5.56 Å². The van der Waals surface area contributed by atoms with Gasteiger partial charge in [-0.05, 0) is 24.6 Å². The fourth-order valence-electron chi connectivity index (χ4n) is 3.24. The molecule has 0 aliphatic carbocycles. The van der Waals surface area contributed by atoms with Gasteiger partial charge in [0.05, 0.1) is 17.1 Å². The zero-order chi connectivity index (χ0) is 18.8. The van der Waals surface area contributed by atoms with Crippen molar-refractivity contribution in [2.45, 2.75) is 12.5 Å². The predicted molar refractivity (Wildman–Crippen MR) is 101 cm³/mol. The molecule has 7 nitrogen and oxygen atoms in total.